The van der Waals surface area contributed by atoms with Gasteiger partial charge in [-0.2, -0.15) is 0 Å². The van der Waals surface area contributed by atoms with Crippen molar-refractivity contribution in [3.63, 3.8) is 0 Å². The number of aliphatic carboxylic acids is 1. The van der Waals surface area contributed by atoms with Gasteiger partial charge in [-0.3, -0.25) is 0 Å². The Kier molecular flexibility index (Phi) is 3.83. The van der Waals surface area contributed by atoms with E-state index in [0.717, 1.165) is 24.1 Å². The van der Waals surface area contributed by atoms with Crippen molar-refractivity contribution in [3.05, 3.63) is 29.8 Å². The smallest absolute Gasteiger partial charge is 0.329 e. The van der Waals surface area contributed by atoms with Gasteiger partial charge in [0.15, 0.2) is 0 Å². The molecule has 0 heterocycles. The van der Waals surface area contributed by atoms with E-state index in [1.807, 2.05) is 31.2 Å². The van der Waals surface area contributed by atoms with E-state index in [1.54, 1.807) is 0 Å². The zero-order chi connectivity index (χ0) is 14.0. The van der Waals surface area contributed by atoms with E-state index in [-0.39, 0.29) is 5.92 Å². The van der Waals surface area contributed by atoms with Crippen molar-refractivity contribution in [1.29, 1.82) is 0 Å². The summed E-state index contributed by atoms with van der Waals surface area (Å²) >= 11 is 0. The Bertz CT molecular complexity index is 472. The number of carbonyl (C=O) groups is 1. The molecule has 19 heavy (non-hydrogen) atoms. The van der Waals surface area contributed by atoms with Gasteiger partial charge in [-0.05, 0) is 42.9 Å². The predicted molar refractivity (Wildman–Crippen MR) is 77.3 cm³/mol. The maximum atomic E-state index is 11.9. The fourth-order valence-electron chi connectivity index (χ4n) is 3.18. The topological polar surface area (TPSA) is 49.3 Å². The monoisotopic (exact) mass is 261 g/mol. The molecule has 2 N–H and O–H groups in total. The highest BCUT2D eigenvalue weighted by atomic mass is 16.4. The van der Waals surface area contributed by atoms with Crippen LogP contribution in [0.15, 0.2) is 24.3 Å². The molecule has 1 aromatic rings. The standard InChI is InChI=1S/C16H23NO2/c1-11-6-4-8-14(10-11)17-16(15(18)19)9-5-7-12(2)13(16)3/h4,6,8,10,12-13,17H,5,7,9H2,1-3H3,(H,18,19). The van der Waals surface area contributed by atoms with E-state index < -0.39 is 11.5 Å². The Morgan fingerprint density at radius 1 is 1.42 bits per heavy atom. The number of nitrogens with one attached hydrogen (secondary N) is 1. The van der Waals surface area contributed by atoms with Crippen LogP contribution in [-0.4, -0.2) is 16.6 Å². The Labute approximate surface area is 115 Å². The molecule has 104 valence electrons. The summed E-state index contributed by atoms with van der Waals surface area (Å²) in [7, 11) is 0. The van der Waals surface area contributed by atoms with E-state index in [0.29, 0.717) is 12.3 Å². The third-order valence-corrected chi connectivity index (χ3v) is 4.63. The van der Waals surface area contributed by atoms with Crippen molar-refractivity contribution in [2.75, 3.05) is 5.32 Å². The van der Waals surface area contributed by atoms with Crippen LogP contribution in [0.25, 0.3) is 0 Å². The first-order valence-electron chi connectivity index (χ1n) is 7.04. The quantitative estimate of drug-likeness (QED) is 0.872. The van der Waals surface area contributed by atoms with Crippen LogP contribution >= 0.6 is 0 Å². The molecule has 3 atom stereocenters. The zero-order valence-electron chi connectivity index (χ0n) is 11.9. The average Bonchev–Trinajstić information content (AvgIpc) is 2.35. The molecule has 0 saturated heterocycles. The number of hydrogen-bond donors (Lipinski definition) is 2. The molecular weight excluding hydrogens is 238 g/mol. The predicted octanol–water partition coefficient (Wildman–Crippen LogP) is 3.69. The normalized spacial score (nSPS) is 30.9. The fraction of sp³-hybridized carbons (Fsp3) is 0.562. The first-order valence-corrected chi connectivity index (χ1v) is 7.04. The van der Waals surface area contributed by atoms with Gasteiger partial charge in [0.1, 0.15) is 5.54 Å². The van der Waals surface area contributed by atoms with E-state index in [9.17, 15) is 9.90 Å². The number of hydrogen-bond acceptors (Lipinski definition) is 2. The molecule has 3 unspecified atom stereocenters. The highest BCUT2D eigenvalue weighted by Gasteiger charge is 2.47. The minimum absolute atomic E-state index is 0.124. The van der Waals surface area contributed by atoms with Crippen LogP contribution in [0.2, 0.25) is 0 Å². The maximum absolute atomic E-state index is 11.9. The first-order chi connectivity index (χ1) is 8.95. The number of anilines is 1. The van der Waals surface area contributed by atoms with Crippen molar-refractivity contribution in [2.45, 2.75) is 45.6 Å². The highest BCUT2D eigenvalue weighted by Crippen LogP contribution is 2.40. The molecule has 0 radical (unpaired) electrons. The minimum Gasteiger partial charge on any atom is -0.479 e. The van der Waals surface area contributed by atoms with Crippen LogP contribution in [0, 0.1) is 18.8 Å². The number of aryl methyl sites for hydroxylation is 1. The lowest BCUT2D eigenvalue weighted by atomic mass is 9.68. The van der Waals surface area contributed by atoms with Gasteiger partial charge >= 0.3 is 5.97 Å². The molecular formula is C16H23NO2. The summed E-state index contributed by atoms with van der Waals surface area (Å²) in [5.41, 5.74) is 1.22. The first kappa shape index (κ1) is 13.9. The van der Waals surface area contributed by atoms with Crippen molar-refractivity contribution in [1.82, 2.24) is 0 Å². The van der Waals surface area contributed by atoms with Crippen molar-refractivity contribution in [3.8, 4) is 0 Å². The van der Waals surface area contributed by atoms with Crippen LogP contribution < -0.4 is 5.32 Å². The third kappa shape index (κ3) is 2.60. The summed E-state index contributed by atoms with van der Waals surface area (Å²) in [6.07, 6.45) is 2.78. The van der Waals surface area contributed by atoms with Gasteiger partial charge in [0.25, 0.3) is 0 Å². The second-order valence-corrected chi connectivity index (χ2v) is 5.93. The second-order valence-electron chi connectivity index (χ2n) is 5.93. The fourth-order valence-corrected chi connectivity index (χ4v) is 3.18. The van der Waals surface area contributed by atoms with Crippen LogP contribution in [0.4, 0.5) is 5.69 Å². The Hall–Kier alpha value is -1.51. The van der Waals surface area contributed by atoms with Crippen molar-refractivity contribution >= 4 is 11.7 Å². The van der Waals surface area contributed by atoms with Gasteiger partial charge in [0.2, 0.25) is 0 Å². The lowest BCUT2D eigenvalue weighted by molar-refractivity contribution is -0.146. The number of benzene rings is 1. The maximum Gasteiger partial charge on any atom is 0.329 e. The molecule has 0 bridgehead atoms. The molecule has 1 aliphatic carbocycles. The number of carboxylic acids is 1. The van der Waals surface area contributed by atoms with E-state index in [1.165, 1.54) is 0 Å². The molecule has 1 aliphatic rings. The summed E-state index contributed by atoms with van der Waals surface area (Å²) in [4.78, 5) is 11.9. The SMILES string of the molecule is Cc1cccc(NC2(C(=O)O)CCCC(C)C2C)c1. The second kappa shape index (κ2) is 5.24. The summed E-state index contributed by atoms with van der Waals surface area (Å²) < 4.78 is 0. The lowest BCUT2D eigenvalue weighted by Gasteiger charge is -2.43. The molecule has 3 heteroatoms. The van der Waals surface area contributed by atoms with Crippen LogP contribution in [0.5, 0.6) is 0 Å². The molecule has 0 spiro atoms. The summed E-state index contributed by atoms with van der Waals surface area (Å²) in [5.74, 6) is -0.172. The zero-order valence-corrected chi connectivity index (χ0v) is 11.9. The average molecular weight is 261 g/mol. The number of rotatable bonds is 3. The summed E-state index contributed by atoms with van der Waals surface area (Å²) in [6.45, 7) is 6.23. The lowest BCUT2D eigenvalue weighted by Crippen LogP contribution is -2.55. The Morgan fingerprint density at radius 3 is 2.79 bits per heavy atom. The largest absolute Gasteiger partial charge is 0.479 e. The van der Waals surface area contributed by atoms with Gasteiger partial charge in [0.05, 0.1) is 0 Å². The van der Waals surface area contributed by atoms with Crippen LogP contribution in [0.3, 0.4) is 0 Å². The van der Waals surface area contributed by atoms with Gasteiger partial charge in [-0.25, -0.2) is 4.79 Å². The van der Waals surface area contributed by atoms with E-state index in [2.05, 4.69) is 19.2 Å². The Morgan fingerprint density at radius 2 is 2.16 bits per heavy atom. The van der Waals surface area contributed by atoms with Crippen molar-refractivity contribution in [2.24, 2.45) is 11.8 Å². The van der Waals surface area contributed by atoms with Crippen LogP contribution in [0.1, 0.15) is 38.7 Å². The van der Waals surface area contributed by atoms with Crippen LogP contribution in [-0.2, 0) is 4.79 Å². The summed E-state index contributed by atoms with van der Waals surface area (Å²) in [6, 6.07) is 7.94. The molecule has 0 amide bonds. The molecule has 3 nitrogen and oxygen atoms in total. The van der Waals surface area contributed by atoms with E-state index in [4.69, 9.17) is 0 Å². The summed E-state index contributed by atoms with van der Waals surface area (Å²) in [5, 5.41) is 13.1. The minimum atomic E-state index is -0.828. The van der Waals surface area contributed by atoms with Crippen molar-refractivity contribution < 1.29 is 9.90 Å². The molecule has 0 aliphatic heterocycles. The molecule has 1 saturated carbocycles. The molecule has 2 rings (SSSR count). The highest BCUT2D eigenvalue weighted by molar-refractivity contribution is 5.83. The molecule has 1 fully saturated rings. The van der Waals surface area contributed by atoms with Gasteiger partial charge in [-0.1, -0.05) is 38.8 Å². The van der Waals surface area contributed by atoms with E-state index >= 15 is 0 Å². The molecule has 0 aromatic heterocycles. The van der Waals surface area contributed by atoms with Gasteiger partial charge < -0.3 is 10.4 Å². The van der Waals surface area contributed by atoms with Gasteiger partial charge in [0, 0.05) is 5.69 Å². The van der Waals surface area contributed by atoms with Gasteiger partial charge in [-0.15, -0.1) is 0 Å². The Balaban J connectivity index is 2.32. The molecule has 1 aromatic carbocycles. The number of carboxylic acid groups (broad SMARTS) is 1. The third-order valence-electron chi connectivity index (χ3n) is 4.63.